The summed E-state index contributed by atoms with van der Waals surface area (Å²) < 4.78 is 79.1. The van der Waals surface area contributed by atoms with Crippen molar-refractivity contribution in [3.63, 3.8) is 0 Å². The second kappa shape index (κ2) is 20.6. The van der Waals surface area contributed by atoms with E-state index in [2.05, 4.69) is 10.6 Å². The number of nitrogens with one attached hydrogen (secondary N) is 2. The van der Waals surface area contributed by atoms with Crippen molar-refractivity contribution < 1.29 is 60.0 Å². The lowest BCUT2D eigenvalue weighted by atomic mass is 10.1. The molecular weight excluding hydrogens is 858 g/mol. The van der Waals surface area contributed by atoms with Crippen molar-refractivity contribution in [1.82, 2.24) is 30.2 Å². The minimum atomic E-state index is -4.66. The van der Waals surface area contributed by atoms with E-state index >= 15 is 0 Å². The van der Waals surface area contributed by atoms with E-state index in [1.807, 2.05) is 0 Å². The first-order chi connectivity index (χ1) is 30.2. The molecule has 2 saturated heterocycles. The quantitative estimate of drug-likeness (QED) is 0.0945. The minimum absolute atomic E-state index is 0.0487. The second-order valence-corrected chi connectivity index (χ2v) is 14.2. The van der Waals surface area contributed by atoms with Gasteiger partial charge in [0, 0.05) is 81.3 Å². The van der Waals surface area contributed by atoms with E-state index in [0.29, 0.717) is 11.3 Å². The molecule has 0 atom stereocenters. The number of non-ortho nitro benzene ring substituents is 1. The van der Waals surface area contributed by atoms with Crippen molar-refractivity contribution in [1.29, 1.82) is 0 Å². The number of rotatable bonds is 9. The van der Waals surface area contributed by atoms with Gasteiger partial charge >= 0.3 is 12.4 Å². The molecule has 2 aliphatic heterocycles. The van der Waals surface area contributed by atoms with Gasteiger partial charge in [0.2, 0.25) is 11.8 Å². The highest BCUT2D eigenvalue weighted by Gasteiger charge is 2.38. The summed E-state index contributed by atoms with van der Waals surface area (Å²) in [6, 6.07) is 20.3. The average molecular weight is 899 g/mol. The van der Waals surface area contributed by atoms with E-state index in [1.54, 1.807) is 12.1 Å². The van der Waals surface area contributed by atoms with Crippen LogP contribution in [-0.2, 0) is 21.9 Å². The SMILES string of the molecule is Nc1ccc(C(=O)NCC(=O)N2CCN(C(=O)c3ccccc3C(F)(F)F)CC2)cc1.O=C(NCC(=O)N1CCN(C(=O)c2ccccc2C(F)(F)F)CC1)c1ccc([N+](=O)[O-])cc1. The molecule has 0 spiro atoms. The van der Waals surface area contributed by atoms with Crippen molar-refractivity contribution in [2.75, 3.05) is 71.2 Å². The first-order valence-corrected chi connectivity index (χ1v) is 19.4. The number of hydrogen-bond acceptors (Lipinski definition) is 9. The summed E-state index contributed by atoms with van der Waals surface area (Å²) in [6.07, 6.45) is -9.29. The molecule has 64 heavy (non-hydrogen) atoms. The number of carbonyl (C=O) groups excluding carboxylic acids is 6. The van der Waals surface area contributed by atoms with Crippen LogP contribution in [0.15, 0.2) is 97.1 Å². The Morgan fingerprint density at radius 1 is 0.531 bits per heavy atom. The number of amides is 6. The van der Waals surface area contributed by atoms with E-state index in [1.165, 1.54) is 80.3 Å². The third kappa shape index (κ3) is 12.3. The fourth-order valence-electron chi connectivity index (χ4n) is 6.60. The molecule has 4 N–H and O–H groups in total. The lowest BCUT2D eigenvalue weighted by Crippen LogP contribution is -2.52. The number of alkyl halides is 6. The van der Waals surface area contributed by atoms with Crippen LogP contribution in [0.3, 0.4) is 0 Å². The van der Waals surface area contributed by atoms with Crippen LogP contribution in [-0.4, -0.2) is 125 Å². The minimum Gasteiger partial charge on any atom is -0.399 e. The van der Waals surface area contributed by atoms with Gasteiger partial charge in [0.15, 0.2) is 0 Å². The molecule has 22 heteroatoms. The molecule has 6 amide bonds. The summed E-state index contributed by atoms with van der Waals surface area (Å²) in [5.74, 6) is -3.26. The van der Waals surface area contributed by atoms with Crippen LogP contribution >= 0.6 is 0 Å². The summed E-state index contributed by atoms with van der Waals surface area (Å²) in [5, 5.41) is 15.6. The third-order valence-corrected chi connectivity index (χ3v) is 10.1. The molecule has 0 saturated carbocycles. The Kier molecular flexibility index (Phi) is 15.3. The molecule has 16 nitrogen and oxygen atoms in total. The standard InChI is InChI=1S/C21H19F3N4O5.C21H21F3N4O3/c22-21(23,24)17-4-2-1-3-16(17)20(31)27-11-9-26(10-12-27)18(29)13-25-19(30)14-5-7-15(8-6-14)28(32)33;22-21(23,24)17-4-2-1-3-16(17)20(31)28-11-9-27(10-12-28)18(29)13-26-19(30)14-5-7-15(25)8-6-14/h1-8H,9-13H2,(H,25,30);1-8H,9-13,25H2,(H,26,30). The van der Waals surface area contributed by atoms with Crippen LogP contribution in [0, 0.1) is 10.1 Å². The fraction of sp³-hybridized carbons (Fsp3) is 0.286. The van der Waals surface area contributed by atoms with Gasteiger partial charge in [-0.1, -0.05) is 24.3 Å². The normalized spacial score (nSPS) is 14.2. The second-order valence-electron chi connectivity index (χ2n) is 14.2. The number of hydrogen-bond donors (Lipinski definition) is 3. The van der Waals surface area contributed by atoms with Crippen molar-refractivity contribution in [3.8, 4) is 0 Å². The largest absolute Gasteiger partial charge is 0.417 e. The maximum atomic E-state index is 13.2. The highest BCUT2D eigenvalue weighted by atomic mass is 19.4. The lowest BCUT2D eigenvalue weighted by Gasteiger charge is -2.35. The third-order valence-electron chi connectivity index (χ3n) is 10.1. The number of nitro benzene ring substituents is 1. The van der Waals surface area contributed by atoms with E-state index in [-0.39, 0.29) is 82.6 Å². The van der Waals surface area contributed by atoms with Crippen LogP contribution in [0.1, 0.15) is 52.6 Å². The maximum absolute atomic E-state index is 13.2. The van der Waals surface area contributed by atoms with Crippen LogP contribution in [0.2, 0.25) is 0 Å². The Balaban J connectivity index is 0.000000241. The molecule has 0 radical (unpaired) electrons. The molecular formula is C42H40F6N8O8. The summed E-state index contributed by atoms with van der Waals surface area (Å²) in [4.78, 5) is 89.6. The van der Waals surface area contributed by atoms with E-state index in [4.69, 9.17) is 5.73 Å². The van der Waals surface area contributed by atoms with E-state index in [0.717, 1.165) is 24.3 Å². The summed E-state index contributed by atoms with van der Waals surface area (Å²) in [7, 11) is 0. The average Bonchev–Trinajstić information content (AvgIpc) is 3.29. The van der Waals surface area contributed by atoms with Crippen molar-refractivity contribution in [2.45, 2.75) is 12.4 Å². The lowest BCUT2D eigenvalue weighted by molar-refractivity contribution is -0.384. The first kappa shape index (κ1) is 47.5. The number of nitrogens with two attached hydrogens (primary N) is 1. The van der Waals surface area contributed by atoms with E-state index < -0.39 is 69.1 Å². The topological polar surface area (TPSA) is 209 Å². The number of halogens is 6. The zero-order valence-electron chi connectivity index (χ0n) is 33.7. The zero-order chi connectivity index (χ0) is 46.8. The van der Waals surface area contributed by atoms with Crippen LogP contribution in [0.25, 0.3) is 0 Å². The Morgan fingerprint density at radius 3 is 1.20 bits per heavy atom. The number of nitro groups is 1. The Hall–Kier alpha value is -7.52. The molecule has 4 aromatic carbocycles. The molecule has 4 aromatic rings. The molecule has 6 rings (SSSR count). The number of nitrogens with zero attached hydrogens (tertiary/aromatic N) is 5. The molecule has 0 aliphatic carbocycles. The molecule has 0 bridgehead atoms. The van der Waals surface area contributed by atoms with Gasteiger partial charge in [-0.2, -0.15) is 26.3 Å². The number of anilines is 1. The summed E-state index contributed by atoms with van der Waals surface area (Å²) in [5.41, 5.74) is 3.57. The van der Waals surface area contributed by atoms with Crippen LogP contribution in [0.5, 0.6) is 0 Å². The van der Waals surface area contributed by atoms with Gasteiger partial charge in [-0.15, -0.1) is 0 Å². The molecule has 2 fully saturated rings. The Labute approximate surface area is 360 Å². The molecule has 2 aliphatic rings. The Bertz CT molecular complexity index is 2360. The Morgan fingerprint density at radius 2 is 0.859 bits per heavy atom. The number of carbonyl (C=O) groups is 6. The molecule has 338 valence electrons. The van der Waals surface area contributed by atoms with Gasteiger partial charge in [-0.25, -0.2) is 0 Å². The van der Waals surface area contributed by atoms with Crippen LogP contribution in [0.4, 0.5) is 37.7 Å². The van der Waals surface area contributed by atoms with Gasteiger partial charge in [-0.3, -0.25) is 38.9 Å². The van der Waals surface area contributed by atoms with Gasteiger partial charge in [-0.05, 0) is 60.7 Å². The number of nitrogen functional groups attached to an aromatic ring is 1. The smallest absolute Gasteiger partial charge is 0.399 e. The van der Waals surface area contributed by atoms with Gasteiger partial charge in [0.1, 0.15) is 0 Å². The predicted molar refractivity (Wildman–Crippen MR) is 216 cm³/mol. The number of benzene rings is 4. The van der Waals surface area contributed by atoms with Gasteiger partial charge in [0.05, 0.1) is 40.3 Å². The zero-order valence-corrected chi connectivity index (χ0v) is 33.7. The van der Waals surface area contributed by atoms with Crippen molar-refractivity contribution >= 4 is 46.8 Å². The summed E-state index contributed by atoms with van der Waals surface area (Å²) in [6.45, 7) is 0.269. The molecule has 0 aromatic heterocycles. The molecule has 2 heterocycles. The number of piperazine rings is 2. The van der Waals surface area contributed by atoms with Crippen molar-refractivity contribution in [2.24, 2.45) is 0 Å². The highest BCUT2D eigenvalue weighted by Crippen LogP contribution is 2.33. The highest BCUT2D eigenvalue weighted by molar-refractivity contribution is 5.98. The maximum Gasteiger partial charge on any atom is 0.417 e. The monoisotopic (exact) mass is 898 g/mol. The van der Waals surface area contributed by atoms with Crippen LogP contribution < -0.4 is 16.4 Å². The van der Waals surface area contributed by atoms with Gasteiger partial charge in [0.25, 0.3) is 29.3 Å². The first-order valence-electron chi connectivity index (χ1n) is 19.4. The molecule has 0 unspecified atom stereocenters. The fourth-order valence-corrected chi connectivity index (χ4v) is 6.60. The van der Waals surface area contributed by atoms with E-state index in [9.17, 15) is 65.2 Å². The van der Waals surface area contributed by atoms with Gasteiger partial charge < -0.3 is 36.0 Å². The summed E-state index contributed by atoms with van der Waals surface area (Å²) >= 11 is 0. The predicted octanol–water partition coefficient (Wildman–Crippen LogP) is 4.33. The van der Waals surface area contributed by atoms with Crippen molar-refractivity contribution in [3.05, 3.63) is 141 Å².